The van der Waals surface area contributed by atoms with Gasteiger partial charge in [-0.25, -0.2) is 4.39 Å². The second-order valence-corrected chi connectivity index (χ2v) is 5.37. The number of nitrogens with one attached hydrogen (secondary N) is 1. The van der Waals surface area contributed by atoms with Gasteiger partial charge in [0.05, 0.1) is 12.2 Å². The molecule has 4 heteroatoms. The molecule has 1 aliphatic carbocycles. The summed E-state index contributed by atoms with van der Waals surface area (Å²) in [6.07, 6.45) is 6.01. The van der Waals surface area contributed by atoms with Crippen LogP contribution in [-0.4, -0.2) is 4.98 Å². The van der Waals surface area contributed by atoms with Crippen molar-refractivity contribution in [3.63, 3.8) is 0 Å². The van der Waals surface area contributed by atoms with E-state index < -0.39 is 0 Å². The van der Waals surface area contributed by atoms with Crippen molar-refractivity contribution in [1.82, 2.24) is 10.4 Å². The van der Waals surface area contributed by atoms with Crippen LogP contribution in [0.4, 0.5) is 4.39 Å². The van der Waals surface area contributed by atoms with Crippen LogP contribution in [0, 0.1) is 5.82 Å². The van der Waals surface area contributed by atoms with Crippen LogP contribution in [0.2, 0.25) is 0 Å². The van der Waals surface area contributed by atoms with E-state index in [1.807, 2.05) is 18.2 Å². The Morgan fingerprint density at radius 3 is 2.50 bits per heavy atom. The van der Waals surface area contributed by atoms with Crippen LogP contribution in [0.15, 0.2) is 48.8 Å². The smallest absolute Gasteiger partial charge is 0.146 e. The van der Waals surface area contributed by atoms with Crippen molar-refractivity contribution in [2.45, 2.75) is 30.7 Å². The number of pyridine rings is 1. The molecule has 1 atom stereocenters. The molecule has 1 aliphatic rings. The molecule has 1 saturated carbocycles. The van der Waals surface area contributed by atoms with Crippen LogP contribution in [-0.2, 0) is 5.41 Å². The lowest BCUT2D eigenvalue weighted by Gasteiger charge is -2.48. The number of benzene rings is 1. The van der Waals surface area contributed by atoms with Crippen LogP contribution in [0.5, 0.6) is 0 Å². The molecule has 0 amide bonds. The summed E-state index contributed by atoms with van der Waals surface area (Å²) in [6.45, 7) is 0. The van der Waals surface area contributed by atoms with Gasteiger partial charge < -0.3 is 0 Å². The number of hydrazine groups is 1. The average Bonchev–Trinajstić information content (AvgIpc) is 2.45. The predicted molar refractivity (Wildman–Crippen MR) is 76.2 cm³/mol. The van der Waals surface area contributed by atoms with Gasteiger partial charge in [-0.3, -0.25) is 16.3 Å². The molecule has 0 bridgehead atoms. The Hall–Kier alpha value is -1.78. The summed E-state index contributed by atoms with van der Waals surface area (Å²) in [4.78, 5) is 3.82. The number of hydrogen-bond donors (Lipinski definition) is 2. The third kappa shape index (κ3) is 2.01. The molecule has 20 heavy (non-hydrogen) atoms. The zero-order valence-electron chi connectivity index (χ0n) is 11.2. The highest BCUT2D eigenvalue weighted by Crippen LogP contribution is 2.52. The molecule has 0 radical (unpaired) electrons. The van der Waals surface area contributed by atoms with Gasteiger partial charge in [0.2, 0.25) is 0 Å². The van der Waals surface area contributed by atoms with E-state index in [1.165, 1.54) is 11.8 Å². The van der Waals surface area contributed by atoms with Gasteiger partial charge in [-0.15, -0.1) is 0 Å². The van der Waals surface area contributed by atoms with Crippen LogP contribution in [0.3, 0.4) is 0 Å². The van der Waals surface area contributed by atoms with E-state index in [0.717, 1.165) is 19.3 Å². The Morgan fingerprint density at radius 2 is 1.95 bits per heavy atom. The van der Waals surface area contributed by atoms with Crippen molar-refractivity contribution in [1.29, 1.82) is 0 Å². The fourth-order valence-corrected chi connectivity index (χ4v) is 3.24. The fraction of sp³-hybridized carbons (Fsp3) is 0.312. The van der Waals surface area contributed by atoms with Crippen molar-refractivity contribution in [2.24, 2.45) is 5.84 Å². The van der Waals surface area contributed by atoms with Crippen molar-refractivity contribution < 1.29 is 4.39 Å². The van der Waals surface area contributed by atoms with Gasteiger partial charge in [-0.05, 0) is 24.5 Å². The Labute approximate surface area is 118 Å². The molecule has 3 rings (SSSR count). The molecule has 2 aromatic rings. The minimum absolute atomic E-state index is 0.127. The van der Waals surface area contributed by atoms with Crippen molar-refractivity contribution in [3.8, 4) is 0 Å². The van der Waals surface area contributed by atoms with Crippen LogP contribution >= 0.6 is 0 Å². The molecule has 1 heterocycles. The second-order valence-electron chi connectivity index (χ2n) is 5.37. The van der Waals surface area contributed by atoms with Gasteiger partial charge in [-0.1, -0.05) is 36.8 Å². The zero-order chi connectivity index (χ0) is 14.0. The minimum Gasteiger partial charge on any atom is -0.271 e. The van der Waals surface area contributed by atoms with Gasteiger partial charge in [0.25, 0.3) is 0 Å². The first-order valence-corrected chi connectivity index (χ1v) is 6.89. The maximum atomic E-state index is 14.1. The highest BCUT2D eigenvalue weighted by molar-refractivity contribution is 5.35. The number of hydrogen-bond acceptors (Lipinski definition) is 3. The first-order chi connectivity index (χ1) is 9.78. The fourth-order valence-electron chi connectivity index (χ4n) is 3.24. The normalized spacial score (nSPS) is 18.3. The number of rotatable bonds is 4. The lowest BCUT2D eigenvalue weighted by Crippen LogP contribution is -2.49. The largest absolute Gasteiger partial charge is 0.271 e. The maximum Gasteiger partial charge on any atom is 0.146 e. The Kier molecular flexibility index (Phi) is 3.51. The first-order valence-electron chi connectivity index (χ1n) is 6.89. The molecular weight excluding hydrogens is 253 g/mol. The summed E-state index contributed by atoms with van der Waals surface area (Å²) < 4.78 is 14.1. The molecule has 1 aromatic heterocycles. The SMILES string of the molecule is NNC(c1ccncc1F)C1(c2ccccc2)CCC1. The summed E-state index contributed by atoms with van der Waals surface area (Å²) in [5.74, 6) is 5.46. The average molecular weight is 271 g/mol. The van der Waals surface area contributed by atoms with E-state index in [-0.39, 0.29) is 17.3 Å². The summed E-state index contributed by atoms with van der Waals surface area (Å²) in [5.41, 5.74) is 4.51. The molecule has 1 aromatic carbocycles. The van der Waals surface area contributed by atoms with E-state index >= 15 is 0 Å². The Bertz CT molecular complexity index is 581. The number of nitrogens with two attached hydrogens (primary N) is 1. The Morgan fingerprint density at radius 1 is 1.20 bits per heavy atom. The highest BCUT2D eigenvalue weighted by Gasteiger charge is 2.46. The van der Waals surface area contributed by atoms with Crippen molar-refractivity contribution in [3.05, 3.63) is 65.7 Å². The first kappa shape index (κ1) is 13.2. The van der Waals surface area contributed by atoms with Gasteiger partial charge >= 0.3 is 0 Å². The minimum atomic E-state index is -0.308. The van der Waals surface area contributed by atoms with Crippen molar-refractivity contribution >= 4 is 0 Å². The molecule has 0 saturated heterocycles. The summed E-state index contributed by atoms with van der Waals surface area (Å²) in [6, 6.07) is 11.7. The summed E-state index contributed by atoms with van der Waals surface area (Å²) in [5, 5.41) is 0. The molecule has 1 unspecified atom stereocenters. The van der Waals surface area contributed by atoms with Gasteiger partial charge in [0.1, 0.15) is 5.82 Å². The Balaban J connectivity index is 2.05. The number of nitrogens with zero attached hydrogens (tertiary/aromatic N) is 1. The van der Waals surface area contributed by atoms with E-state index in [9.17, 15) is 4.39 Å². The third-order valence-corrected chi connectivity index (χ3v) is 4.43. The highest BCUT2D eigenvalue weighted by atomic mass is 19.1. The molecule has 104 valence electrons. The predicted octanol–water partition coefficient (Wildman–Crippen LogP) is 2.85. The maximum absolute atomic E-state index is 14.1. The monoisotopic (exact) mass is 271 g/mol. The van der Waals surface area contributed by atoms with Crippen molar-refractivity contribution in [2.75, 3.05) is 0 Å². The van der Waals surface area contributed by atoms with Crippen LogP contribution < -0.4 is 11.3 Å². The standard InChI is InChI=1S/C16H18FN3/c17-14-11-19-10-7-13(14)15(20-18)16(8-4-9-16)12-5-2-1-3-6-12/h1-3,5-7,10-11,15,20H,4,8-9,18H2. The van der Waals surface area contributed by atoms with E-state index in [4.69, 9.17) is 5.84 Å². The van der Waals surface area contributed by atoms with E-state index in [1.54, 1.807) is 12.3 Å². The molecule has 3 nitrogen and oxygen atoms in total. The topological polar surface area (TPSA) is 50.9 Å². The van der Waals surface area contributed by atoms with E-state index in [2.05, 4.69) is 22.5 Å². The number of halogens is 1. The van der Waals surface area contributed by atoms with Gasteiger partial charge in [0, 0.05) is 17.2 Å². The number of aromatic nitrogens is 1. The molecule has 0 spiro atoms. The molecular formula is C16H18FN3. The van der Waals surface area contributed by atoms with Gasteiger partial charge in [0.15, 0.2) is 0 Å². The third-order valence-electron chi connectivity index (χ3n) is 4.43. The molecule has 3 N–H and O–H groups in total. The summed E-state index contributed by atoms with van der Waals surface area (Å²) in [7, 11) is 0. The zero-order valence-corrected chi connectivity index (χ0v) is 11.2. The van der Waals surface area contributed by atoms with Crippen LogP contribution in [0.25, 0.3) is 0 Å². The quantitative estimate of drug-likeness (QED) is 0.664. The lowest BCUT2D eigenvalue weighted by atomic mass is 9.59. The van der Waals surface area contributed by atoms with Gasteiger partial charge in [-0.2, -0.15) is 0 Å². The lowest BCUT2D eigenvalue weighted by molar-refractivity contribution is 0.167. The van der Waals surface area contributed by atoms with E-state index in [0.29, 0.717) is 5.56 Å². The molecule has 1 fully saturated rings. The molecule has 0 aliphatic heterocycles. The summed E-state index contributed by atoms with van der Waals surface area (Å²) >= 11 is 0. The van der Waals surface area contributed by atoms with Crippen LogP contribution in [0.1, 0.15) is 36.4 Å². The second kappa shape index (κ2) is 5.31.